The maximum atomic E-state index is 5.49. The van der Waals surface area contributed by atoms with E-state index < -0.39 is 0 Å². The Morgan fingerprint density at radius 3 is 2.53 bits per heavy atom. The molecule has 2 aliphatic carbocycles. The normalized spacial score (nSPS) is 32.5. The van der Waals surface area contributed by atoms with Crippen molar-refractivity contribution in [2.24, 2.45) is 0 Å². The van der Waals surface area contributed by atoms with Crippen molar-refractivity contribution in [1.82, 2.24) is 10.2 Å². The minimum absolute atomic E-state index is 0.444. The van der Waals surface area contributed by atoms with E-state index in [0.29, 0.717) is 17.7 Å². The summed E-state index contributed by atoms with van der Waals surface area (Å²) < 4.78 is 5.49. The van der Waals surface area contributed by atoms with Gasteiger partial charge < -0.3 is 15.0 Å². The first-order valence-electron chi connectivity index (χ1n) is 7.10. The van der Waals surface area contributed by atoms with Crippen LogP contribution in [-0.4, -0.2) is 50.3 Å². The summed E-state index contributed by atoms with van der Waals surface area (Å²) in [5.41, 5.74) is 0.444. The lowest BCUT2D eigenvalue weighted by atomic mass is 9.75. The summed E-state index contributed by atoms with van der Waals surface area (Å²) in [5, 5.41) is 3.79. The molecule has 2 fully saturated rings. The Labute approximate surface area is 106 Å². The fourth-order valence-corrected chi connectivity index (χ4v) is 3.25. The van der Waals surface area contributed by atoms with E-state index in [4.69, 9.17) is 4.74 Å². The van der Waals surface area contributed by atoms with Gasteiger partial charge in [0, 0.05) is 25.2 Å². The minimum atomic E-state index is 0.444. The van der Waals surface area contributed by atoms with Crippen LogP contribution < -0.4 is 5.32 Å². The van der Waals surface area contributed by atoms with Crippen LogP contribution in [0.2, 0.25) is 0 Å². The number of nitrogens with one attached hydrogen (secondary N) is 1. The second-order valence-electron chi connectivity index (χ2n) is 6.07. The van der Waals surface area contributed by atoms with Gasteiger partial charge in [-0.25, -0.2) is 0 Å². The maximum Gasteiger partial charge on any atom is 0.0586 e. The number of methoxy groups -OCH3 is 1. The second-order valence-corrected chi connectivity index (χ2v) is 6.07. The molecule has 17 heavy (non-hydrogen) atoms. The Morgan fingerprint density at radius 2 is 2.00 bits per heavy atom. The Morgan fingerprint density at radius 1 is 1.24 bits per heavy atom. The zero-order valence-corrected chi connectivity index (χ0v) is 11.7. The van der Waals surface area contributed by atoms with Gasteiger partial charge >= 0.3 is 0 Å². The van der Waals surface area contributed by atoms with E-state index in [1.54, 1.807) is 0 Å². The Bertz CT molecular complexity index is 238. The highest BCUT2D eigenvalue weighted by Crippen LogP contribution is 2.35. The first-order valence-corrected chi connectivity index (χ1v) is 7.10. The molecule has 3 heteroatoms. The molecule has 0 aromatic carbocycles. The number of ether oxygens (including phenoxy) is 1. The summed E-state index contributed by atoms with van der Waals surface area (Å²) in [6.07, 6.45) is 9.66. The third kappa shape index (κ3) is 3.01. The molecule has 0 aromatic heterocycles. The van der Waals surface area contributed by atoms with Crippen molar-refractivity contribution < 1.29 is 4.74 Å². The van der Waals surface area contributed by atoms with Gasteiger partial charge in [-0.2, -0.15) is 0 Å². The summed E-state index contributed by atoms with van der Waals surface area (Å²) in [6.45, 7) is 1.15. The molecule has 2 rings (SSSR count). The molecular weight excluding hydrogens is 212 g/mol. The highest BCUT2D eigenvalue weighted by Gasteiger charge is 2.39. The van der Waals surface area contributed by atoms with Gasteiger partial charge in [-0.3, -0.25) is 0 Å². The van der Waals surface area contributed by atoms with Crippen LogP contribution in [0.15, 0.2) is 0 Å². The summed E-state index contributed by atoms with van der Waals surface area (Å²) in [7, 11) is 6.29. The lowest BCUT2D eigenvalue weighted by molar-refractivity contribution is 0.0374. The summed E-state index contributed by atoms with van der Waals surface area (Å²) in [6, 6.07) is 0.672. The zero-order chi connectivity index (χ0) is 12.3. The number of hydrogen-bond donors (Lipinski definition) is 1. The molecule has 1 N–H and O–H groups in total. The molecular formula is C14H28N2O. The van der Waals surface area contributed by atoms with Crippen LogP contribution in [0.5, 0.6) is 0 Å². The third-order valence-corrected chi connectivity index (χ3v) is 4.91. The highest BCUT2D eigenvalue weighted by molar-refractivity contribution is 4.98. The van der Waals surface area contributed by atoms with Crippen LogP contribution in [0.1, 0.15) is 44.9 Å². The lowest BCUT2D eigenvalue weighted by Crippen LogP contribution is -2.58. The molecule has 0 aliphatic heterocycles. The monoisotopic (exact) mass is 240 g/mol. The average Bonchev–Trinajstić information content (AvgIpc) is 2.27. The molecule has 0 saturated heterocycles. The molecule has 2 atom stereocenters. The van der Waals surface area contributed by atoms with Gasteiger partial charge in [0.1, 0.15) is 0 Å². The van der Waals surface area contributed by atoms with Crippen molar-refractivity contribution >= 4 is 0 Å². The van der Waals surface area contributed by atoms with Crippen molar-refractivity contribution in [3.8, 4) is 0 Å². The van der Waals surface area contributed by atoms with Gasteiger partial charge in [-0.1, -0.05) is 0 Å². The lowest BCUT2D eigenvalue weighted by Gasteiger charge is -2.48. The van der Waals surface area contributed by atoms with Gasteiger partial charge in [-0.15, -0.1) is 0 Å². The van der Waals surface area contributed by atoms with Gasteiger partial charge in [0.15, 0.2) is 0 Å². The molecule has 2 unspecified atom stereocenters. The Hall–Kier alpha value is -0.120. The van der Waals surface area contributed by atoms with E-state index in [1.165, 1.54) is 44.9 Å². The van der Waals surface area contributed by atoms with Crippen molar-refractivity contribution in [1.29, 1.82) is 0 Å². The van der Waals surface area contributed by atoms with Gasteiger partial charge in [0.25, 0.3) is 0 Å². The molecule has 2 saturated carbocycles. The SMILES string of the molecule is COC1CCCC(NCC2(N(C)C)CCC2)C1. The van der Waals surface area contributed by atoms with Gasteiger partial charge in [0.05, 0.1) is 6.10 Å². The molecule has 0 heterocycles. The summed E-state index contributed by atoms with van der Waals surface area (Å²) >= 11 is 0. The second kappa shape index (κ2) is 5.68. The zero-order valence-electron chi connectivity index (χ0n) is 11.7. The fourth-order valence-electron chi connectivity index (χ4n) is 3.25. The van der Waals surface area contributed by atoms with E-state index in [9.17, 15) is 0 Å². The number of rotatable bonds is 5. The van der Waals surface area contributed by atoms with Crippen molar-refractivity contribution in [2.45, 2.75) is 62.6 Å². The standard InChI is InChI=1S/C14H28N2O/c1-16(2)14(8-5-9-14)11-15-12-6-4-7-13(10-12)17-3/h12-13,15H,4-11H2,1-3H3. The number of nitrogens with zero attached hydrogens (tertiary/aromatic N) is 1. The highest BCUT2D eigenvalue weighted by atomic mass is 16.5. The van der Waals surface area contributed by atoms with Crippen molar-refractivity contribution in [3.63, 3.8) is 0 Å². The third-order valence-electron chi connectivity index (χ3n) is 4.91. The molecule has 0 radical (unpaired) electrons. The van der Waals surface area contributed by atoms with Crippen LogP contribution in [0.3, 0.4) is 0 Å². The van der Waals surface area contributed by atoms with Gasteiger partial charge in [0.2, 0.25) is 0 Å². The molecule has 100 valence electrons. The molecule has 2 aliphatic rings. The first kappa shape index (κ1) is 13.3. The van der Waals surface area contributed by atoms with E-state index in [-0.39, 0.29) is 0 Å². The Balaban J connectivity index is 1.77. The summed E-state index contributed by atoms with van der Waals surface area (Å²) in [5.74, 6) is 0. The smallest absolute Gasteiger partial charge is 0.0586 e. The van der Waals surface area contributed by atoms with E-state index >= 15 is 0 Å². The molecule has 0 amide bonds. The largest absolute Gasteiger partial charge is 0.381 e. The van der Waals surface area contributed by atoms with Crippen LogP contribution >= 0.6 is 0 Å². The Kier molecular flexibility index (Phi) is 4.45. The van der Waals surface area contributed by atoms with Crippen molar-refractivity contribution in [3.05, 3.63) is 0 Å². The van der Waals surface area contributed by atoms with Crippen LogP contribution in [0.4, 0.5) is 0 Å². The van der Waals surface area contributed by atoms with Crippen LogP contribution in [-0.2, 0) is 4.74 Å². The van der Waals surface area contributed by atoms with E-state index in [1.807, 2.05) is 7.11 Å². The molecule has 0 bridgehead atoms. The van der Waals surface area contributed by atoms with Crippen LogP contribution in [0, 0.1) is 0 Å². The quantitative estimate of drug-likeness (QED) is 0.795. The molecule has 3 nitrogen and oxygen atoms in total. The van der Waals surface area contributed by atoms with Crippen LogP contribution in [0.25, 0.3) is 0 Å². The average molecular weight is 240 g/mol. The fraction of sp³-hybridized carbons (Fsp3) is 1.00. The number of likely N-dealkylation sites (N-methyl/N-ethyl adjacent to an activating group) is 1. The summed E-state index contributed by atoms with van der Waals surface area (Å²) in [4.78, 5) is 2.42. The van der Waals surface area contributed by atoms with E-state index in [2.05, 4.69) is 24.3 Å². The van der Waals surface area contributed by atoms with Gasteiger partial charge in [-0.05, 0) is 59.0 Å². The van der Waals surface area contributed by atoms with Crippen molar-refractivity contribution in [2.75, 3.05) is 27.7 Å². The maximum absolute atomic E-state index is 5.49. The topological polar surface area (TPSA) is 24.5 Å². The minimum Gasteiger partial charge on any atom is -0.381 e. The predicted molar refractivity (Wildman–Crippen MR) is 71.3 cm³/mol. The number of hydrogen-bond acceptors (Lipinski definition) is 3. The molecule has 0 aromatic rings. The van der Waals surface area contributed by atoms with E-state index in [0.717, 1.165) is 6.54 Å². The first-order chi connectivity index (χ1) is 8.16. The predicted octanol–water partition coefficient (Wildman–Crippen LogP) is 2.02. The molecule has 0 spiro atoms.